The number of ether oxygens (including phenoxy) is 3. The number of hydrogen-bond donors (Lipinski definition) is 0. The van der Waals surface area contributed by atoms with Crippen LogP contribution in [0.4, 0.5) is 0 Å². The molecule has 0 saturated heterocycles. The quantitative estimate of drug-likeness (QED) is 0.0261. The van der Waals surface area contributed by atoms with Crippen molar-refractivity contribution in [2.45, 2.75) is 361 Å². The molecule has 0 heterocycles. The topological polar surface area (TPSA) is 78.9 Å². The number of allylic oxidation sites excluding steroid dienone is 8. The highest BCUT2D eigenvalue weighted by Gasteiger charge is 2.19. The molecule has 0 spiro atoms. The average molecular weight is 1050 g/mol. The summed E-state index contributed by atoms with van der Waals surface area (Å²) in [6.45, 7) is 6.57. The smallest absolute Gasteiger partial charge is 0.306 e. The Hall–Kier alpha value is -2.63. The second-order valence-corrected chi connectivity index (χ2v) is 22.4. The highest BCUT2D eigenvalue weighted by atomic mass is 16.6. The van der Waals surface area contributed by atoms with Crippen LogP contribution in [0.5, 0.6) is 0 Å². The number of unbranched alkanes of at least 4 members (excludes halogenated alkanes) is 42. The normalized spacial score (nSPS) is 12.3. The number of rotatable bonds is 61. The molecule has 0 aliphatic carbocycles. The first kappa shape index (κ1) is 72.4. The highest BCUT2D eigenvalue weighted by molar-refractivity contribution is 5.71. The predicted molar refractivity (Wildman–Crippen MR) is 325 cm³/mol. The van der Waals surface area contributed by atoms with Crippen LogP contribution in [0.25, 0.3) is 0 Å². The zero-order valence-corrected chi connectivity index (χ0v) is 50.3. The van der Waals surface area contributed by atoms with Gasteiger partial charge in [-0.3, -0.25) is 14.4 Å². The van der Waals surface area contributed by atoms with E-state index in [2.05, 4.69) is 69.4 Å². The van der Waals surface area contributed by atoms with E-state index in [0.29, 0.717) is 19.3 Å². The zero-order chi connectivity index (χ0) is 54.3. The summed E-state index contributed by atoms with van der Waals surface area (Å²) in [6, 6.07) is 0. The Morgan fingerprint density at radius 3 is 0.813 bits per heavy atom. The van der Waals surface area contributed by atoms with Crippen LogP contribution in [0.15, 0.2) is 48.6 Å². The van der Waals surface area contributed by atoms with Crippen LogP contribution < -0.4 is 0 Å². The average Bonchev–Trinajstić information content (AvgIpc) is 3.41. The van der Waals surface area contributed by atoms with Gasteiger partial charge in [-0.05, 0) is 57.8 Å². The molecule has 1 atom stereocenters. The van der Waals surface area contributed by atoms with Crippen molar-refractivity contribution in [2.75, 3.05) is 13.2 Å². The first-order chi connectivity index (χ1) is 37.0. The number of esters is 3. The fourth-order valence-corrected chi connectivity index (χ4v) is 9.91. The summed E-state index contributed by atoms with van der Waals surface area (Å²) in [5.74, 6) is -0.842. The van der Waals surface area contributed by atoms with E-state index >= 15 is 0 Å². The van der Waals surface area contributed by atoms with Crippen molar-refractivity contribution < 1.29 is 28.6 Å². The molecule has 0 aliphatic rings. The van der Waals surface area contributed by atoms with Gasteiger partial charge in [0.1, 0.15) is 13.2 Å². The molecular formula is C69H126O6. The maximum absolute atomic E-state index is 12.9. The summed E-state index contributed by atoms with van der Waals surface area (Å²) < 4.78 is 16.9. The second kappa shape index (κ2) is 63.9. The van der Waals surface area contributed by atoms with E-state index in [9.17, 15) is 14.4 Å². The van der Waals surface area contributed by atoms with Gasteiger partial charge in [0.25, 0.3) is 0 Å². The maximum Gasteiger partial charge on any atom is 0.306 e. The van der Waals surface area contributed by atoms with Gasteiger partial charge < -0.3 is 14.2 Å². The van der Waals surface area contributed by atoms with E-state index in [1.54, 1.807) is 0 Å². The molecule has 6 heteroatoms. The van der Waals surface area contributed by atoms with Gasteiger partial charge in [0, 0.05) is 19.3 Å². The van der Waals surface area contributed by atoms with Crippen molar-refractivity contribution in [3.8, 4) is 0 Å². The van der Waals surface area contributed by atoms with Crippen molar-refractivity contribution in [3.05, 3.63) is 48.6 Å². The van der Waals surface area contributed by atoms with Crippen molar-refractivity contribution in [3.63, 3.8) is 0 Å². The van der Waals surface area contributed by atoms with Gasteiger partial charge in [-0.1, -0.05) is 326 Å². The van der Waals surface area contributed by atoms with Gasteiger partial charge in [0.2, 0.25) is 0 Å². The summed E-state index contributed by atoms with van der Waals surface area (Å²) in [6.07, 6.45) is 80.0. The minimum Gasteiger partial charge on any atom is -0.462 e. The van der Waals surface area contributed by atoms with E-state index in [-0.39, 0.29) is 31.1 Å². The third-order valence-electron chi connectivity index (χ3n) is 14.8. The van der Waals surface area contributed by atoms with E-state index in [1.165, 1.54) is 231 Å². The SMILES string of the molecule is CC/C=C\C/C=C\C/C=C\C/C=C\CCCCCCCCCCCCCCCCCCCCC(=O)OCC(COC(=O)CCCCCCCCCCCC)OC(=O)CCCCCCCCCCCCCCCCCC. The number of carbonyl (C=O) groups is 3. The molecule has 6 nitrogen and oxygen atoms in total. The lowest BCUT2D eigenvalue weighted by Gasteiger charge is -2.18. The lowest BCUT2D eigenvalue weighted by Crippen LogP contribution is -2.30. The van der Waals surface area contributed by atoms with E-state index in [0.717, 1.165) is 83.5 Å². The van der Waals surface area contributed by atoms with Crippen molar-refractivity contribution in [1.82, 2.24) is 0 Å². The molecule has 0 rings (SSSR count). The van der Waals surface area contributed by atoms with Crippen LogP contribution in [-0.4, -0.2) is 37.2 Å². The summed E-state index contributed by atoms with van der Waals surface area (Å²) in [7, 11) is 0. The van der Waals surface area contributed by atoms with Crippen LogP contribution in [0.3, 0.4) is 0 Å². The summed E-state index contributed by atoms with van der Waals surface area (Å²) in [5, 5.41) is 0. The van der Waals surface area contributed by atoms with Gasteiger partial charge in [-0.2, -0.15) is 0 Å². The Morgan fingerprint density at radius 2 is 0.520 bits per heavy atom. The summed E-state index contributed by atoms with van der Waals surface area (Å²) >= 11 is 0. The first-order valence-electron chi connectivity index (χ1n) is 33.1. The molecule has 0 fully saturated rings. The van der Waals surface area contributed by atoms with Gasteiger partial charge in [0.15, 0.2) is 6.10 Å². The minimum absolute atomic E-state index is 0.0656. The van der Waals surface area contributed by atoms with Gasteiger partial charge in [-0.15, -0.1) is 0 Å². The standard InChI is InChI=1S/C69H126O6/c1-4-7-10-13-16-19-22-24-26-28-29-30-31-32-33-34-35-36-37-38-39-40-41-42-44-45-47-50-53-56-59-62-68(71)74-65-66(64-73-67(70)61-58-55-52-49-21-18-15-12-9-6-3)75-69(72)63-60-57-54-51-48-46-43-27-25-23-20-17-14-11-8-5-2/h7,10,16,19,24,26,29-30,66H,4-6,8-9,11-15,17-18,20-23,25,27-28,31-65H2,1-3H3/b10-7-,19-16-,26-24-,30-29-. The second-order valence-electron chi connectivity index (χ2n) is 22.4. The predicted octanol–water partition coefficient (Wildman–Crippen LogP) is 22.6. The molecule has 0 aliphatic heterocycles. The fourth-order valence-electron chi connectivity index (χ4n) is 9.91. The zero-order valence-electron chi connectivity index (χ0n) is 50.3. The first-order valence-corrected chi connectivity index (χ1v) is 33.1. The molecule has 1 unspecified atom stereocenters. The number of hydrogen-bond acceptors (Lipinski definition) is 6. The largest absolute Gasteiger partial charge is 0.462 e. The Morgan fingerprint density at radius 1 is 0.280 bits per heavy atom. The molecule has 0 N–H and O–H groups in total. The Balaban J connectivity index is 4.08. The Kier molecular flexibility index (Phi) is 61.7. The Labute approximate surface area is 467 Å². The van der Waals surface area contributed by atoms with E-state index < -0.39 is 6.10 Å². The molecule has 0 radical (unpaired) electrons. The van der Waals surface area contributed by atoms with Crippen LogP contribution in [0, 0.1) is 0 Å². The Bertz CT molecular complexity index is 1300. The lowest BCUT2D eigenvalue weighted by molar-refractivity contribution is -0.167. The van der Waals surface area contributed by atoms with Crippen LogP contribution in [0.1, 0.15) is 355 Å². The van der Waals surface area contributed by atoms with E-state index in [1.807, 2.05) is 0 Å². The minimum atomic E-state index is -0.766. The number of carbonyl (C=O) groups excluding carboxylic acids is 3. The molecular weight excluding hydrogens is 925 g/mol. The molecule has 75 heavy (non-hydrogen) atoms. The van der Waals surface area contributed by atoms with Crippen molar-refractivity contribution >= 4 is 17.9 Å². The molecule has 438 valence electrons. The van der Waals surface area contributed by atoms with Crippen LogP contribution in [0.2, 0.25) is 0 Å². The molecule has 0 aromatic heterocycles. The molecule has 0 bridgehead atoms. The van der Waals surface area contributed by atoms with Crippen LogP contribution in [-0.2, 0) is 28.6 Å². The summed E-state index contributed by atoms with van der Waals surface area (Å²) in [4.78, 5) is 38.2. The van der Waals surface area contributed by atoms with Gasteiger partial charge >= 0.3 is 17.9 Å². The highest BCUT2D eigenvalue weighted by Crippen LogP contribution is 2.18. The summed E-state index contributed by atoms with van der Waals surface area (Å²) in [5.41, 5.74) is 0. The molecule has 0 aromatic carbocycles. The van der Waals surface area contributed by atoms with Crippen LogP contribution >= 0.6 is 0 Å². The van der Waals surface area contributed by atoms with Crippen molar-refractivity contribution in [2.24, 2.45) is 0 Å². The fraction of sp³-hybridized carbons (Fsp3) is 0.841. The van der Waals surface area contributed by atoms with E-state index in [4.69, 9.17) is 14.2 Å². The van der Waals surface area contributed by atoms with Gasteiger partial charge in [0.05, 0.1) is 0 Å². The monoisotopic (exact) mass is 1050 g/mol. The third kappa shape index (κ3) is 62.1. The van der Waals surface area contributed by atoms with Crippen molar-refractivity contribution in [1.29, 1.82) is 0 Å². The molecule has 0 saturated carbocycles. The van der Waals surface area contributed by atoms with Gasteiger partial charge in [-0.25, -0.2) is 0 Å². The molecule has 0 aromatic rings. The lowest BCUT2D eigenvalue weighted by atomic mass is 10.0. The molecule has 0 amide bonds. The third-order valence-corrected chi connectivity index (χ3v) is 14.8. The maximum atomic E-state index is 12.9.